The highest BCUT2D eigenvalue weighted by molar-refractivity contribution is 5.36. The van der Waals surface area contributed by atoms with Crippen molar-refractivity contribution in [1.82, 2.24) is 0 Å². The molecular weight excluding hydrogens is 188 g/mol. The molecule has 1 aliphatic rings. The monoisotopic (exact) mass is 199 g/mol. The standard InChI is InChI=1S/C10H11F2NO/c11-7-3-6-4-8(13)1-2-14-10(6)9(12)5-7/h3,5,8H,1-2,4,13H2. The minimum Gasteiger partial charge on any atom is -0.490 e. The molecule has 1 heterocycles. The lowest BCUT2D eigenvalue weighted by Gasteiger charge is -2.08. The maximum absolute atomic E-state index is 13.2. The van der Waals surface area contributed by atoms with Crippen LogP contribution in [0, 0.1) is 11.6 Å². The number of hydrogen-bond acceptors (Lipinski definition) is 2. The second kappa shape index (κ2) is 3.53. The van der Waals surface area contributed by atoms with Crippen molar-refractivity contribution in [2.24, 2.45) is 5.73 Å². The molecule has 2 rings (SSSR count). The molecule has 1 unspecified atom stereocenters. The van der Waals surface area contributed by atoms with Crippen LogP contribution in [0.2, 0.25) is 0 Å². The lowest BCUT2D eigenvalue weighted by molar-refractivity contribution is 0.295. The van der Waals surface area contributed by atoms with Crippen LogP contribution in [-0.4, -0.2) is 12.6 Å². The summed E-state index contributed by atoms with van der Waals surface area (Å²) >= 11 is 0. The van der Waals surface area contributed by atoms with E-state index in [1.807, 2.05) is 0 Å². The third-order valence-corrected chi connectivity index (χ3v) is 2.30. The molecule has 0 amide bonds. The maximum Gasteiger partial charge on any atom is 0.168 e. The summed E-state index contributed by atoms with van der Waals surface area (Å²) in [7, 11) is 0. The van der Waals surface area contributed by atoms with Crippen LogP contribution in [0.1, 0.15) is 12.0 Å². The van der Waals surface area contributed by atoms with E-state index in [-0.39, 0.29) is 11.8 Å². The number of nitrogens with two attached hydrogens (primary N) is 1. The topological polar surface area (TPSA) is 35.2 Å². The Bertz CT molecular complexity index is 354. The highest BCUT2D eigenvalue weighted by atomic mass is 19.1. The first-order valence-electron chi connectivity index (χ1n) is 4.53. The molecule has 0 saturated heterocycles. The van der Waals surface area contributed by atoms with E-state index >= 15 is 0 Å². The molecule has 0 aromatic heterocycles. The smallest absolute Gasteiger partial charge is 0.168 e. The number of hydrogen-bond donors (Lipinski definition) is 1. The maximum atomic E-state index is 13.2. The molecule has 2 N–H and O–H groups in total. The van der Waals surface area contributed by atoms with E-state index in [1.54, 1.807) is 0 Å². The molecule has 1 atom stereocenters. The first-order valence-corrected chi connectivity index (χ1v) is 4.53. The van der Waals surface area contributed by atoms with Crippen molar-refractivity contribution in [3.05, 3.63) is 29.3 Å². The van der Waals surface area contributed by atoms with Gasteiger partial charge in [0.25, 0.3) is 0 Å². The van der Waals surface area contributed by atoms with Crippen molar-refractivity contribution in [1.29, 1.82) is 0 Å². The molecule has 0 bridgehead atoms. The van der Waals surface area contributed by atoms with Crippen LogP contribution in [0.3, 0.4) is 0 Å². The second-order valence-corrected chi connectivity index (χ2v) is 3.48. The minimum absolute atomic E-state index is 0.0857. The van der Waals surface area contributed by atoms with Gasteiger partial charge in [0.05, 0.1) is 6.61 Å². The van der Waals surface area contributed by atoms with Crippen molar-refractivity contribution in [3.8, 4) is 5.75 Å². The molecule has 0 aliphatic carbocycles. The molecule has 0 fully saturated rings. The van der Waals surface area contributed by atoms with Gasteiger partial charge in [0, 0.05) is 17.7 Å². The van der Waals surface area contributed by atoms with E-state index < -0.39 is 11.6 Å². The first kappa shape index (κ1) is 9.40. The van der Waals surface area contributed by atoms with E-state index in [0.717, 1.165) is 6.07 Å². The number of fused-ring (bicyclic) bond motifs is 1. The Morgan fingerprint density at radius 3 is 2.93 bits per heavy atom. The van der Waals surface area contributed by atoms with Gasteiger partial charge in [-0.25, -0.2) is 8.78 Å². The molecule has 14 heavy (non-hydrogen) atoms. The Labute approximate surface area is 80.7 Å². The van der Waals surface area contributed by atoms with Gasteiger partial charge in [0.15, 0.2) is 11.6 Å². The molecule has 1 aromatic carbocycles. The molecule has 0 spiro atoms. The van der Waals surface area contributed by atoms with Crippen LogP contribution in [0.5, 0.6) is 5.75 Å². The normalized spacial score (nSPS) is 20.9. The van der Waals surface area contributed by atoms with E-state index in [9.17, 15) is 8.78 Å². The minimum atomic E-state index is -0.644. The van der Waals surface area contributed by atoms with Gasteiger partial charge in [-0.15, -0.1) is 0 Å². The average molecular weight is 199 g/mol. The van der Waals surface area contributed by atoms with Crippen molar-refractivity contribution < 1.29 is 13.5 Å². The Hall–Kier alpha value is -1.16. The van der Waals surface area contributed by atoms with Gasteiger partial charge >= 0.3 is 0 Å². The molecule has 0 radical (unpaired) electrons. The van der Waals surface area contributed by atoms with Crippen molar-refractivity contribution in [2.45, 2.75) is 18.9 Å². The SMILES string of the molecule is NC1CCOc2c(F)cc(F)cc2C1. The summed E-state index contributed by atoms with van der Waals surface area (Å²) in [6.45, 7) is 0.386. The zero-order chi connectivity index (χ0) is 10.1. The van der Waals surface area contributed by atoms with Crippen LogP contribution in [0.4, 0.5) is 8.78 Å². The van der Waals surface area contributed by atoms with Gasteiger partial charge in [-0.05, 0) is 18.9 Å². The fraction of sp³-hybridized carbons (Fsp3) is 0.400. The summed E-state index contributed by atoms with van der Waals surface area (Å²) in [6, 6.07) is 2.02. The van der Waals surface area contributed by atoms with Crippen molar-refractivity contribution in [2.75, 3.05) is 6.61 Å². The van der Waals surface area contributed by atoms with Gasteiger partial charge in [0.1, 0.15) is 5.82 Å². The molecule has 1 aromatic rings. The third-order valence-electron chi connectivity index (χ3n) is 2.30. The lowest BCUT2D eigenvalue weighted by atomic mass is 10.0. The summed E-state index contributed by atoms with van der Waals surface area (Å²) in [4.78, 5) is 0. The lowest BCUT2D eigenvalue weighted by Crippen LogP contribution is -2.22. The summed E-state index contributed by atoms with van der Waals surface area (Å²) in [6.07, 6.45) is 1.12. The molecule has 0 saturated carbocycles. The number of halogens is 2. The third kappa shape index (κ3) is 1.70. The Balaban J connectivity index is 2.45. The Kier molecular flexibility index (Phi) is 2.37. The van der Waals surface area contributed by atoms with Gasteiger partial charge in [-0.2, -0.15) is 0 Å². The van der Waals surface area contributed by atoms with E-state index in [0.29, 0.717) is 25.0 Å². The predicted molar refractivity (Wildman–Crippen MR) is 48.1 cm³/mol. The van der Waals surface area contributed by atoms with Crippen molar-refractivity contribution >= 4 is 0 Å². The van der Waals surface area contributed by atoms with Gasteiger partial charge < -0.3 is 10.5 Å². The predicted octanol–water partition coefficient (Wildman–Crippen LogP) is 1.62. The summed E-state index contributed by atoms with van der Waals surface area (Å²) in [5.41, 5.74) is 6.25. The fourth-order valence-corrected chi connectivity index (χ4v) is 1.62. The van der Waals surface area contributed by atoms with Crippen LogP contribution in [0.15, 0.2) is 12.1 Å². The van der Waals surface area contributed by atoms with Gasteiger partial charge in [0.2, 0.25) is 0 Å². The first-order chi connectivity index (χ1) is 6.66. The Morgan fingerprint density at radius 2 is 2.14 bits per heavy atom. The van der Waals surface area contributed by atoms with Gasteiger partial charge in [-0.1, -0.05) is 0 Å². The number of ether oxygens (including phenoxy) is 1. The average Bonchev–Trinajstić information content (AvgIpc) is 2.25. The zero-order valence-electron chi connectivity index (χ0n) is 7.59. The number of benzene rings is 1. The molecule has 4 heteroatoms. The highest BCUT2D eigenvalue weighted by Crippen LogP contribution is 2.27. The van der Waals surface area contributed by atoms with E-state index in [1.165, 1.54) is 6.07 Å². The summed E-state index contributed by atoms with van der Waals surface area (Å²) in [5, 5.41) is 0. The molecule has 2 nitrogen and oxygen atoms in total. The van der Waals surface area contributed by atoms with Crippen LogP contribution >= 0.6 is 0 Å². The summed E-state index contributed by atoms with van der Waals surface area (Å²) in [5.74, 6) is -1.08. The number of rotatable bonds is 0. The second-order valence-electron chi connectivity index (χ2n) is 3.48. The van der Waals surface area contributed by atoms with Crippen LogP contribution < -0.4 is 10.5 Å². The largest absolute Gasteiger partial charge is 0.490 e. The molecule has 76 valence electrons. The van der Waals surface area contributed by atoms with Gasteiger partial charge in [-0.3, -0.25) is 0 Å². The molecule has 1 aliphatic heterocycles. The molecular formula is C10H11F2NO. The van der Waals surface area contributed by atoms with Crippen LogP contribution in [-0.2, 0) is 6.42 Å². The quantitative estimate of drug-likeness (QED) is 0.689. The Morgan fingerprint density at radius 1 is 1.36 bits per heavy atom. The summed E-state index contributed by atoms with van der Waals surface area (Å²) < 4.78 is 31.3. The zero-order valence-corrected chi connectivity index (χ0v) is 7.59. The fourth-order valence-electron chi connectivity index (χ4n) is 1.62. The highest BCUT2D eigenvalue weighted by Gasteiger charge is 2.18. The van der Waals surface area contributed by atoms with E-state index in [4.69, 9.17) is 10.5 Å². The van der Waals surface area contributed by atoms with Crippen molar-refractivity contribution in [3.63, 3.8) is 0 Å². The van der Waals surface area contributed by atoms with Crippen LogP contribution in [0.25, 0.3) is 0 Å². The van der Waals surface area contributed by atoms with E-state index in [2.05, 4.69) is 0 Å².